The second-order valence-electron chi connectivity index (χ2n) is 6.75. The lowest BCUT2D eigenvalue weighted by molar-refractivity contribution is 0.103. The molecule has 0 saturated carbocycles. The maximum absolute atomic E-state index is 12.7. The molecule has 6 nitrogen and oxygen atoms in total. The maximum atomic E-state index is 12.7. The number of pyridine rings is 1. The number of carbonyl (C=O) groups excluding carboxylic acids is 1. The Morgan fingerprint density at radius 2 is 1.90 bits per heavy atom. The molecular formula is C20H20ClN3O3S2. The van der Waals surface area contributed by atoms with Crippen molar-refractivity contribution in [2.75, 3.05) is 10.0 Å². The highest BCUT2D eigenvalue weighted by Gasteiger charge is 2.17. The van der Waals surface area contributed by atoms with Crippen molar-refractivity contribution in [1.29, 1.82) is 0 Å². The van der Waals surface area contributed by atoms with Crippen LogP contribution < -0.4 is 10.0 Å². The number of aromatic nitrogens is 1. The van der Waals surface area contributed by atoms with Crippen LogP contribution in [0, 0.1) is 6.92 Å². The van der Waals surface area contributed by atoms with Crippen molar-refractivity contribution in [3.05, 3.63) is 63.4 Å². The molecule has 0 aliphatic carbocycles. The SMILES string of the molecule is Cc1cccnc1-c1csc(C(=O)Nc2cc(Cl)cc(NS(=O)(=O)C(C)C)c2)c1. The first-order chi connectivity index (χ1) is 13.7. The van der Waals surface area contributed by atoms with Crippen molar-refractivity contribution in [3.8, 4) is 11.3 Å². The van der Waals surface area contributed by atoms with E-state index in [4.69, 9.17) is 11.6 Å². The van der Waals surface area contributed by atoms with Crippen molar-refractivity contribution >= 4 is 50.2 Å². The van der Waals surface area contributed by atoms with Gasteiger partial charge in [0.05, 0.1) is 21.5 Å². The highest BCUT2D eigenvalue weighted by atomic mass is 35.5. The third kappa shape index (κ3) is 5.14. The minimum atomic E-state index is -3.52. The summed E-state index contributed by atoms with van der Waals surface area (Å²) in [5.74, 6) is -0.310. The number of rotatable bonds is 6. The number of sulfonamides is 1. The lowest BCUT2D eigenvalue weighted by atomic mass is 10.1. The molecule has 1 aromatic carbocycles. The molecular weight excluding hydrogens is 430 g/mol. The molecule has 0 unspecified atom stereocenters. The van der Waals surface area contributed by atoms with Crippen LogP contribution in [0.4, 0.5) is 11.4 Å². The van der Waals surface area contributed by atoms with Crippen molar-refractivity contribution in [3.63, 3.8) is 0 Å². The normalized spacial score (nSPS) is 11.5. The molecule has 0 aliphatic heterocycles. The molecule has 2 aromatic heterocycles. The number of hydrogen-bond acceptors (Lipinski definition) is 5. The molecule has 9 heteroatoms. The van der Waals surface area contributed by atoms with Crippen LogP contribution in [0.3, 0.4) is 0 Å². The molecule has 0 bridgehead atoms. The van der Waals surface area contributed by atoms with Gasteiger partial charge in [-0.2, -0.15) is 0 Å². The Labute approximate surface area is 179 Å². The lowest BCUT2D eigenvalue weighted by Crippen LogP contribution is -2.22. The van der Waals surface area contributed by atoms with Gasteiger partial charge in [-0.05, 0) is 56.7 Å². The van der Waals surface area contributed by atoms with E-state index >= 15 is 0 Å². The minimum Gasteiger partial charge on any atom is -0.321 e. The van der Waals surface area contributed by atoms with Crippen molar-refractivity contribution in [2.45, 2.75) is 26.0 Å². The molecule has 0 spiro atoms. The molecule has 0 fully saturated rings. The van der Waals surface area contributed by atoms with Gasteiger partial charge < -0.3 is 5.32 Å². The van der Waals surface area contributed by atoms with Crippen LogP contribution >= 0.6 is 22.9 Å². The van der Waals surface area contributed by atoms with Gasteiger partial charge in [0.1, 0.15) is 0 Å². The van der Waals surface area contributed by atoms with E-state index < -0.39 is 15.3 Å². The first-order valence-corrected chi connectivity index (χ1v) is 11.6. The highest BCUT2D eigenvalue weighted by Crippen LogP contribution is 2.28. The average molecular weight is 450 g/mol. The van der Waals surface area contributed by atoms with E-state index in [1.54, 1.807) is 32.2 Å². The zero-order valence-electron chi connectivity index (χ0n) is 16.1. The predicted molar refractivity (Wildman–Crippen MR) is 119 cm³/mol. The Hall–Kier alpha value is -2.42. The average Bonchev–Trinajstić information content (AvgIpc) is 3.11. The summed E-state index contributed by atoms with van der Waals surface area (Å²) in [5.41, 5.74) is 3.41. The maximum Gasteiger partial charge on any atom is 0.265 e. The summed E-state index contributed by atoms with van der Waals surface area (Å²) in [6.45, 7) is 5.12. The number of aryl methyl sites for hydroxylation is 1. The number of carbonyl (C=O) groups is 1. The quantitative estimate of drug-likeness (QED) is 0.543. The Bertz CT molecular complexity index is 1160. The van der Waals surface area contributed by atoms with Gasteiger partial charge in [-0.1, -0.05) is 17.7 Å². The third-order valence-electron chi connectivity index (χ3n) is 4.14. The smallest absolute Gasteiger partial charge is 0.265 e. The van der Waals surface area contributed by atoms with Gasteiger partial charge in [-0.25, -0.2) is 8.42 Å². The van der Waals surface area contributed by atoms with Gasteiger partial charge in [-0.3, -0.25) is 14.5 Å². The van der Waals surface area contributed by atoms with Crippen molar-refractivity contribution in [1.82, 2.24) is 4.98 Å². The Morgan fingerprint density at radius 3 is 2.59 bits per heavy atom. The predicted octanol–water partition coefficient (Wildman–Crippen LogP) is 5.17. The van der Waals surface area contributed by atoms with Crippen LogP contribution in [0.1, 0.15) is 29.1 Å². The zero-order chi connectivity index (χ0) is 21.2. The number of benzene rings is 1. The molecule has 29 heavy (non-hydrogen) atoms. The van der Waals surface area contributed by atoms with Gasteiger partial charge in [0, 0.05) is 27.9 Å². The molecule has 2 N–H and O–H groups in total. The summed E-state index contributed by atoms with van der Waals surface area (Å²) < 4.78 is 26.6. The second kappa shape index (κ2) is 8.52. The standard InChI is InChI=1S/C20H20ClN3O3S2/c1-12(2)29(26,27)24-17-9-15(21)8-16(10-17)23-20(25)18-7-14(11-28-18)19-13(3)5-4-6-22-19/h4-12,24H,1-3H3,(H,23,25). The van der Waals surface area contributed by atoms with Crippen LogP contribution in [0.2, 0.25) is 5.02 Å². The monoisotopic (exact) mass is 449 g/mol. The molecule has 0 atom stereocenters. The van der Waals surface area contributed by atoms with E-state index in [9.17, 15) is 13.2 Å². The van der Waals surface area contributed by atoms with Crippen LogP contribution in [0.15, 0.2) is 48.0 Å². The summed E-state index contributed by atoms with van der Waals surface area (Å²) in [7, 11) is -3.52. The third-order valence-corrected chi connectivity index (χ3v) is 7.05. The number of nitrogens with one attached hydrogen (secondary N) is 2. The molecule has 3 aromatic rings. The minimum absolute atomic E-state index is 0.289. The van der Waals surface area contributed by atoms with E-state index in [1.165, 1.54) is 23.5 Å². The van der Waals surface area contributed by atoms with Gasteiger partial charge in [0.25, 0.3) is 5.91 Å². The molecule has 152 valence electrons. The van der Waals surface area contributed by atoms with Gasteiger partial charge in [0.2, 0.25) is 10.0 Å². The first-order valence-electron chi connectivity index (χ1n) is 8.80. The van der Waals surface area contributed by atoms with Crippen LogP contribution in [0.5, 0.6) is 0 Å². The first kappa shape index (κ1) is 21.3. The summed E-state index contributed by atoms with van der Waals surface area (Å²) in [6.07, 6.45) is 1.71. The number of anilines is 2. The number of hydrogen-bond donors (Lipinski definition) is 2. The zero-order valence-corrected chi connectivity index (χ0v) is 18.5. The number of halogens is 1. The van der Waals surface area contributed by atoms with Crippen molar-refractivity contribution < 1.29 is 13.2 Å². The summed E-state index contributed by atoms with van der Waals surface area (Å²) in [4.78, 5) is 17.5. The fourth-order valence-electron chi connectivity index (χ4n) is 2.56. The highest BCUT2D eigenvalue weighted by molar-refractivity contribution is 7.93. The molecule has 3 rings (SSSR count). The van der Waals surface area contributed by atoms with E-state index in [2.05, 4.69) is 15.0 Å². The molecule has 0 aliphatic rings. The van der Waals surface area contributed by atoms with Crippen LogP contribution in [0.25, 0.3) is 11.3 Å². The number of thiophene rings is 1. The molecule has 0 saturated heterocycles. The van der Waals surface area contributed by atoms with Gasteiger partial charge >= 0.3 is 0 Å². The van der Waals surface area contributed by atoms with E-state index in [0.29, 0.717) is 15.6 Å². The van der Waals surface area contributed by atoms with E-state index in [-0.39, 0.29) is 11.6 Å². The number of nitrogens with zero attached hydrogens (tertiary/aromatic N) is 1. The van der Waals surface area contributed by atoms with Crippen LogP contribution in [-0.4, -0.2) is 24.6 Å². The summed E-state index contributed by atoms with van der Waals surface area (Å²) in [6, 6.07) is 10.2. The Morgan fingerprint density at radius 1 is 1.17 bits per heavy atom. The summed E-state index contributed by atoms with van der Waals surface area (Å²) >= 11 is 7.40. The number of amides is 1. The van der Waals surface area contributed by atoms with E-state index in [1.807, 2.05) is 24.4 Å². The fraction of sp³-hybridized carbons (Fsp3) is 0.200. The largest absolute Gasteiger partial charge is 0.321 e. The van der Waals surface area contributed by atoms with Crippen LogP contribution in [-0.2, 0) is 10.0 Å². The summed E-state index contributed by atoms with van der Waals surface area (Å²) in [5, 5.41) is 4.35. The molecule has 2 heterocycles. The molecule has 1 amide bonds. The fourth-order valence-corrected chi connectivity index (χ4v) is 4.27. The topological polar surface area (TPSA) is 88.2 Å². The van der Waals surface area contributed by atoms with Crippen molar-refractivity contribution in [2.24, 2.45) is 0 Å². The second-order valence-corrected chi connectivity index (χ2v) is 10.3. The lowest BCUT2D eigenvalue weighted by Gasteiger charge is -2.13. The Kier molecular flexibility index (Phi) is 6.26. The Balaban J connectivity index is 1.80. The van der Waals surface area contributed by atoms with Gasteiger partial charge in [0.15, 0.2) is 0 Å². The van der Waals surface area contributed by atoms with Gasteiger partial charge in [-0.15, -0.1) is 11.3 Å². The molecule has 0 radical (unpaired) electrons. The van der Waals surface area contributed by atoms with E-state index in [0.717, 1.165) is 16.8 Å².